The molecule has 9 heteroatoms. The Kier molecular flexibility index (Phi) is 5.01. The molecule has 0 spiro atoms. The Labute approximate surface area is 106 Å². The van der Waals surface area contributed by atoms with Gasteiger partial charge in [0.15, 0.2) is 18.1 Å². The number of carbonyl (C=O) groups is 1. The minimum Gasteiger partial charge on any atom is -0.493 e. The molecular formula is C10H11FN2O6. The van der Waals surface area contributed by atoms with Gasteiger partial charge in [-0.3, -0.25) is 10.1 Å². The molecular weight excluding hydrogens is 263 g/mol. The van der Waals surface area contributed by atoms with Crippen molar-refractivity contribution in [3.63, 3.8) is 0 Å². The van der Waals surface area contributed by atoms with Gasteiger partial charge in [-0.2, -0.15) is 5.54 Å². The Morgan fingerprint density at radius 1 is 1.53 bits per heavy atom. The second-order valence-corrected chi connectivity index (χ2v) is 3.38. The Morgan fingerprint density at radius 2 is 2.21 bits per heavy atom. The summed E-state index contributed by atoms with van der Waals surface area (Å²) in [5, 5.41) is 19.3. The van der Waals surface area contributed by atoms with Gasteiger partial charge in [-0.25, -0.2) is 4.79 Å². The number of hydrogen-bond acceptors (Lipinski definition) is 6. The smallest absolute Gasteiger partial charge is 0.341 e. The number of rotatable bonds is 7. The van der Waals surface area contributed by atoms with E-state index in [4.69, 9.17) is 14.6 Å². The normalized spacial score (nSPS) is 10.0. The average molecular weight is 274 g/mol. The second kappa shape index (κ2) is 6.50. The monoisotopic (exact) mass is 274 g/mol. The number of ether oxygens (including phenoxy) is 2. The molecule has 1 rings (SSSR count). The van der Waals surface area contributed by atoms with Crippen LogP contribution < -0.4 is 15.0 Å². The topological polar surface area (TPSA) is 111 Å². The number of carboxylic acids is 1. The molecule has 0 aromatic heterocycles. The third-order valence-corrected chi connectivity index (χ3v) is 2.17. The fraction of sp³-hybridized carbons (Fsp3) is 0.300. The van der Waals surface area contributed by atoms with E-state index in [-0.39, 0.29) is 23.6 Å². The fourth-order valence-electron chi connectivity index (χ4n) is 1.39. The van der Waals surface area contributed by atoms with Crippen LogP contribution in [0.15, 0.2) is 12.1 Å². The third-order valence-electron chi connectivity index (χ3n) is 2.17. The molecule has 0 saturated carbocycles. The number of nitrogens with zero attached hydrogens (tertiary/aromatic N) is 1. The molecule has 0 saturated heterocycles. The number of nitro benzene ring substituents is 1. The van der Waals surface area contributed by atoms with Gasteiger partial charge in [-0.05, 0) is 6.07 Å². The van der Waals surface area contributed by atoms with Crippen molar-refractivity contribution in [2.24, 2.45) is 0 Å². The third kappa shape index (κ3) is 3.78. The lowest BCUT2D eigenvalue weighted by Gasteiger charge is -2.11. The van der Waals surface area contributed by atoms with E-state index < -0.39 is 23.2 Å². The van der Waals surface area contributed by atoms with E-state index in [1.165, 1.54) is 18.7 Å². The van der Waals surface area contributed by atoms with E-state index in [0.29, 0.717) is 0 Å². The summed E-state index contributed by atoms with van der Waals surface area (Å²) in [6, 6.07) is 2.20. The zero-order valence-corrected chi connectivity index (χ0v) is 9.88. The molecule has 8 nitrogen and oxygen atoms in total. The van der Waals surface area contributed by atoms with Crippen LogP contribution in [0.5, 0.6) is 11.5 Å². The van der Waals surface area contributed by atoms with Crippen molar-refractivity contribution in [1.82, 2.24) is 5.54 Å². The molecule has 0 bridgehead atoms. The Bertz CT molecular complexity index is 493. The Hall–Kier alpha value is -2.42. The van der Waals surface area contributed by atoms with E-state index in [1.54, 1.807) is 0 Å². The number of halogens is 1. The van der Waals surface area contributed by atoms with Crippen molar-refractivity contribution in [2.45, 2.75) is 6.54 Å². The van der Waals surface area contributed by atoms with E-state index in [9.17, 15) is 19.4 Å². The number of nitro groups is 1. The molecule has 0 unspecified atom stereocenters. The van der Waals surface area contributed by atoms with Gasteiger partial charge < -0.3 is 14.6 Å². The van der Waals surface area contributed by atoms with Crippen molar-refractivity contribution in [2.75, 3.05) is 13.7 Å². The molecule has 19 heavy (non-hydrogen) atoms. The molecule has 0 amide bonds. The molecule has 0 aliphatic rings. The highest BCUT2D eigenvalue weighted by Crippen LogP contribution is 2.34. The molecule has 0 fully saturated rings. The minimum atomic E-state index is -1.24. The number of carboxylic acid groups (broad SMARTS) is 1. The molecule has 0 aliphatic heterocycles. The first-order chi connectivity index (χ1) is 8.99. The van der Waals surface area contributed by atoms with Crippen LogP contribution in [0, 0.1) is 10.1 Å². The fourth-order valence-corrected chi connectivity index (χ4v) is 1.39. The van der Waals surface area contributed by atoms with Crippen LogP contribution in [0.2, 0.25) is 0 Å². The van der Waals surface area contributed by atoms with Crippen molar-refractivity contribution in [1.29, 1.82) is 0 Å². The largest absolute Gasteiger partial charge is 0.493 e. The SMILES string of the molecule is COc1cc(CNF)c([N+](=O)[O-])cc1OCC(=O)O. The van der Waals surface area contributed by atoms with Gasteiger partial charge in [0.1, 0.15) is 0 Å². The summed E-state index contributed by atoms with van der Waals surface area (Å²) < 4.78 is 21.9. The Balaban J connectivity index is 3.18. The zero-order valence-electron chi connectivity index (χ0n) is 9.88. The van der Waals surface area contributed by atoms with Crippen molar-refractivity contribution < 1.29 is 28.8 Å². The highest BCUT2D eigenvalue weighted by molar-refractivity contribution is 5.69. The summed E-state index contributed by atoms with van der Waals surface area (Å²) in [6.07, 6.45) is 0. The van der Waals surface area contributed by atoms with Crippen LogP contribution in [-0.4, -0.2) is 29.7 Å². The summed E-state index contributed by atoms with van der Waals surface area (Å²) in [5.74, 6) is -1.25. The first-order valence-corrected chi connectivity index (χ1v) is 5.03. The van der Waals surface area contributed by atoms with Crippen LogP contribution in [0.1, 0.15) is 5.56 Å². The van der Waals surface area contributed by atoms with Crippen molar-refractivity contribution in [3.8, 4) is 11.5 Å². The van der Waals surface area contributed by atoms with Gasteiger partial charge in [-0.1, -0.05) is 0 Å². The van der Waals surface area contributed by atoms with E-state index in [1.807, 2.05) is 0 Å². The summed E-state index contributed by atoms with van der Waals surface area (Å²) in [7, 11) is 1.28. The molecule has 0 atom stereocenters. The van der Waals surface area contributed by atoms with Gasteiger partial charge in [-0.15, -0.1) is 4.48 Å². The van der Waals surface area contributed by atoms with Gasteiger partial charge in [0.25, 0.3) is 5.69 Å². The average Bonchev–Trinajstić information content (AvgIpc) is 2.36. The highest BCUT2D eigenvalue weighted by atomic mass is 19.2. The van der Waals surface area contributed by atoms with Crippen LogP contribution in [0.25, 0.3) is 0 Å². The maximum Gasteiger partial charge on any atom is 0.341 e. The first-order valence-electron chi connectivity index (χ1n) is 5.03. The zero-order chi connectivity index (χ0) is 14.4. The van der Waals surface area contributed by atoms with E-state index >= 15 is 0 Å². The Morgan fingerprint density at radius 3 is 2.68 bits per heavy atom. The second-order valence-electron chi connectivity index (χ2n) is 3.38. The maximum absolute atomic E-state index is 12.1. The highest BCUT2D eigenvalue weighted by Gasteiger charge is 2.20. The van der Waals surface area contributed by atoms with Crippen LogP contribution in [0.3, 0.4) is 0 Å². The predicted octanol–water partition coefficient (Wildman–Crippen LogP) is 1.04. The molecule has 2 N–H and O–H groups in total. The van der Waals surface area contributed by atoms with Crippen molar-refractivity contribution >= 4 is 11.7 Å². The number of methoxy groups -OCH3 is 1. The van der Waals surface area contributed by atoms with Gasteiger partial charge in [0.05, 0.1) is 30.2 Å². The summed E-state index contributed by atoms with van der Waals surface area (Å²) >= 11 is 0. The number of aliphatic carboxylic acids is 1. The molecule has 0 heterocycles. The summed E-state index contributed by atoms with van der Waals surface area (Å²) in [4.78, 5) is 20.5. The lowest BCUT2D eigenvalue weighted by molar-refractivity contribution is -0.385. The molecule has 104 valence electrons. The van der Waals surface area contributed by atoms with Gasteiger partial charge in [0.2, 0.25) is 0 Å². The van der Waals surface area contributed by atoms with Gasteiger partial charge in [0, 0.05) is 0 Å². The van der Waals surface area contributed by atoms with E-state index in [2.05, 4.69) is 0 Å². The number of nitrogens with one attached hydrogen (secondary N) is 1. The summed E-state index contributed by atoms with van der Waals surface area (Å²) in [6.45, 7) is -1.06. The van der Waals surface area contributed by atoms with Crippen LogP contribution in [0.4, 0.5) is 10.2 Å². The molecule has 0 radical (unpaired) electrons. The summed E-state index contributed by atoms with van der Waals surface area (Å²) in [5.41, 5.74) is 0.957. The van der Waals surface area contributed by atoms with Crippen LogP contribution >= 0.6 is 0 Å². The number of hydrogen-bond donors (Lipinski definition) is 2. The molecule has 1 aromatic rings. The van der Waals surface area contributed by atoms with Crippen LogP contribution in [-0.2, 0) is 11.3 Å². The maximum atomic E-state index is 12.1. The molecule has 0 aliphatic carbocycles. The number of benzene rings is 1. The lowest BCUT2D eigenvalue weighted by atomic mass is 10.1. The van der Waals surface area contributed by atoms with Gasteiger partial charge >= 0.3 is 5.97 Å². The minimum absolute atomic E-state index is 0.0482. The predicted molar refractivity (Wildman–Crippen MR) is 60.7 cm³/mol. The van der Waals surface area contributed by atoms with E-state index in [0.717, 1.165) is 6.07 Å². The first kappa shape index (κ1) is 14.6. The molecule has 1 aromatic carbocycles. The lowest BCUT2D eigenvalue weighted by Crippen LogP contribution is -2.11. The van der Waals surface area contributed by atoms with Crippen molar-refractivity contribution in [3.05, 3.63) is 27.8 Å². The standard InChI is InChI=1S/C10H11FN2O6/c1-18-8-2-6(4-12-11)7(13(16)17)3-9(8)19-5-10(14)15/h2-3,12H,4-5H2,1H3,(H,14,15). The quantitative estimate of drug-likeness (QED) is 0.434.